The molecule has 0 saturated heterocycles. The number of anilines is 1. The number of carbonyl (C=O) groups is 1. The van der Waals surface area contributed by atoms with Crippen molar-refractivity contribution in [2.45, 2.75) is 0 Å². The molecule has 4 aromatic rings. The lowest BCUT2D eigenvalue weighted by molar-refractivity contribution is 0.0997. The fraction of sp³-hybridized carbons (Fsp3) is 0.100. The molecule has 1 amide bonds. The number of carbonyl (C=O) groups excluding carboxylic acids is 1. The van der Waals surface area contributed by atoms with Crippen LogP contribution in [0.25, 0.3) is 21.0 Å². The number of nitrogens with zero attached hydrogens (tertiary/aromatic N) is 1. The van der Waals surface area contributed by atoms with Gasteiger partial charge < -0.3 is 19.2 Å². The Morgan fingerprint density at radius 1 is 1.04 bits per heavy atom. The summed E-state index contributed by atoms with van der Waals surface area (Å²) in [6.07, 6.45) is 0. The van der Waals surface area contributed by atoms with Gasteiger partial charge in [-0.05, 0) is 24.3 Å². The number of ether oxygens (including phenoxy) is 2. The number of hydrogen-bond donors (Lipinski definition) is 1. The Balaban J connectivity index is 1.57. The Bertz CT molecular complexity index is 1060. The molecule has 1 N–H and O–H groups in total. The van der Waals surface area contributed by atoms with Gasteiger partial charge in [-0.3, -0.25) is 4.79 Å². The van der Waals surface area contributed by atoms with E-state index in [-0.39, 0.29) is 11.7 Å². The Morgan fingerprint density at radius 3 is 2.48 bits per heavy atom. The Labute approximate surface area is 159 Å². The normalized spacial score (nSPS) is 10.7. The number of aromatic nitrogens is 1. The highest BCUT2D eigenvalue weighted by atomic mass is 32.1. The van der Waals surface area contributed by atoms with E-state index >= 15 is 0 Å². The molecule has 0 spiro atoms. The number of furan rings is 1. The van der Waals surface area contributed by atoms with E-state index in [9.17, 15) is 4.79 Å². The molecule has 0 unspecified atom stereocenters. The van der Waals surface area contributed by atoms with E-state index in [0.29, 0.717) is 22.9 Å². The number of fused-ring (bicyclic) bond motifs is 1. The van der Waals surface area contributed by atoms with Crippen molar-refractivity contribution in [3.05, 3.63) is 60.4 Å². The second-order valence-electron chi connectivity index (χ2n) is 5.71. The SMILES string of the molecule is COc1cc(NC(=O)c2ccc(-c3nc4ccccc4s3)o2)cc(OC)c1. The highest BCUT2D eigenvalue weighted by Gasteiger charge is 2.16. The topological polar surface area (TPSA) is 73.6 Å². The van der Waals surface area contributed by atoms with Crippen molar-refractivity contribution in [3.8, 4) is 22.3 Å². The number of methoxy groups -OCH3 is 2. The van der Waals surface area contributed by atoms with Crippen LogP contribution >= 0.6 is 11.3 Å². The highest BCUT2D eigenvalue weighted by molar-refractivity contribution is 7.21. The number of nitrogens with one attached hydrogen (secondary N) is 1. The highest BCUT2D eigenvalue weighted by Crippen LogP contribution is 2.31. The maximum atomic E-state index is 12.5. The fourth-order valence-electron chi connectivity index (χ4n) is 2.62. The number of amides is 1. The molecule has 0 bridgehead atoms. The van der Waals surface area contributed by atoms with Crippen molar-refractivity contribution in [2.24, 2.45) is 0 Å². The minimum Gasteiger partial charge on any atom is -0.497 e. The van der Waals surface area contributed by atoms with Gasteiger partial charge >= 0.3 is 0 Å². The van der Waals surface area contributed by atoms with Crippen LogP contribution in [0, 0.1) is 0 Å². The third kappa shape index (κ3) is 3.50. The predicted octanol–water partition coefficient (Wildman–Crippen LogP) is 4.83. The van der Waals surface area contributed by atoms with Crippen LogP contribution in [0.1, 0.15) is 10.6 Å². The Kier molecular flexibility index (Phi) is 4.52. The molecule has 2 aromatic carbocycles. The van der Waals surface area contributed by atoms with Crippen molar-refractivity contribution in [1.29, 1.82) is 0 Å². The third-order valence-corrected chi connectivity index (χ3v) is 4.99. The van der Waals surface area contributed by atoms with E-state index in [1.54, 1.807) is 44.6 Å². The average Bonchev–Trinajstić information content (AvgIpc) is 3.34. The minimum atomic E-state index is -0.363. The number of hydrogen-bond acceptors (Lipinski definition) is 6. The van der Waals surface area contributed by atoms with Crippen molar-refractivity contribution >= 4 is 33.1 Å². The van der Waals surface area contributed by atoms with Gasteiger partial charge in [-0.25, -0.2) is 4.98 Å². The molecule has 0 aliphatic heterocycles. The first-order chi connectivity index (χ1) is 13.2. The summed E-state index contributed by atoms with van der Waals surface area (Å²) in [6, 6.07) is 16.4. The molecule has 136 valence electrons. The fourth-order valence-corrected chi connectivity index (χ4v) is 3.55. The lowest BCUT2D eigenvalue weighted by Crippen LogP contribution is -2.11. The molecule has 0 radical (unpaired) electrons. The molecule has 0 saturated carbocycles. The molecule has 7 heteroatoms. The largest absolute Gasteiger partial charge is 0.497 e. The quantitative estimate of drug-likeness (QED) is 0.537. The van der Waals surface area contributed by atoms with Crippen LogP contribution in [0.4, 0.5) is 5.69 Å². The van der Waals surface area contributed by atoms with E-state index in [1.807, 2.05) is 24.3 Å². The first-order valence-corrected chi connectivity index (χ1v) is 8.98. The van der Waals surface area contributed by atoms with Gasteiger partial charge in [0.25, 0.3) is 5.91 Å². The molecule has 0 aliphatic rings. The summed E-state index contributed by atoms with van der Waals surface area (Å²) in [6.45, 7) is 0. The molecular weight excluding hydrogens is 364 g/mol. The molecule has 0 fully saturated rings. The summed E-state index contributed by atoms with van der Waals surface area (Å²) < 4.78 is 17.2. The van der Waals surface area contributed by atoms with Crippen molar-refractivity contribution in [3.63, 3.8) is 0 Å². The maximum Gasteiger partial charge on any atom is 0.291 e. The smallest absolute Gasteiger partial charge is 0.291 e. The lowest BCUT2D eigenvalue weighted by Gasteiger charge is -2.09. The van der Waals surface area contributed by atoms with Gasteiger partial charge in [0.15, 0.2) is 16.5 Å². The van der Waals surface area contributed by atoms with E-state index in [2.05, 4.69) is 10.3 Å². The number of rotatable bonds is 5. The summed E-state index contributed by atoms with van der Waals surface area (Å²) in [5.41, 5.74) is 1.46. The number of thiazole rings is 1. The van der Waals surface area contributed by atoms with Crippen LogP contribution in [-0.4, -0.2) is 25.1 Å². The minimum absolute atomic E-state index is 0.200. The van der Waals surface area contributed by atoms with Crippen LogP contribution in [0.15, 0.2) is 59.0 Å². The standard InChI is InChI=1S/C20H16N2O4S/c1-24-13-9-12(10-14(11-13)25-2)21-19(23)16-7-8-17(26-16)20-22-15-5-3-4-6-18(15)27-20/h3-11H,1-2H3,(H,21,23). The van der Waals surface area contributed by atoms with Gasteiger partial charge in [0.2, 0.25) is 0 Å². The van der Waals surface area contributed by atoms with Crippen LogP contribution in [0.5, 0.6) is 11.5 Å². The van der Waals surface area contributed by atoms with E-state index in [1.165, 1.54) is 11.3 Å². The van der Waals surface area contributed by atoms with Gasteiger partial charge in [-0.1, -0.05) is 12.1 Å². The molecule has 0 atom stereocenters. The number of benzene rings is 2. The summed E-state index contributed by atoms with van der Waals surface area (Å²) in [4.78, 5) is 17.1. The number of para-hydroxylation sites is 1. The monoisotopic (exact) mass is 380 g/mol. The van der Waals surface area contributed by atoms with Crippen molar-refractivity contribution in [1.82, 2.24) is 4.98 Å². The second-order valence-corrected chi connectivity index (χ2v) is 6.74. The van der Waals surface area contributed by atoms with Gasteiger partial charge in [-0.15, -0.1) is 11.3 Å². The zero-order valence-electron chi connectivity index (χ0n) is 14.7. The average molecular weight is 380 g/mol. The van der Waals surface area contributed by atoms with Gasteiger partial charge in [-0.2, -0.15) is 0 Å². The third-order valence-electron chi connectivity index (χ3n) is 3.94. The molecule has 27 heavy (non-hydrogen) atoms. The molecule has 4 rings (SSSR count). The van der Waals surface area contributed by atoms with Crippen molar-refractivity contribution in [2.75, 3.05) is 19.5 Å². The molecule has 2 aromatic heterocycles. The first-order valence-electron chi connectivity index (χ1n) is 8.16. The summed E-state index contributed by atoms with van der Waals surface area (Å²) in [5, 5.41) is 3.52. The van der Waals surface area contributed by atoms with Gasteiger partial charge in [0.05, 0.1) is 24.4 Å². The zero-order valence-corrected chi connectivity index (χ0v) is 15.5. The van der Waals surface area contributed by atoms with E-state index < -0.39 is 0 Å². The maximum absolute atomic E-state index is 12.5. The molecular formula is C20H16N2O4S. The van der Waals surface area contributed by atoms with Crippen LogP contribution in [0.2, 0.25) is 0 Å². The van der Waals surface area contributed by atoms with Gasteiger partial charge in [0.1, 0.15) is 11.5 Å². The molecule has 6 nitrogen and oxygen atoms in total. The molecule has 2 heterocycles. The predicted molar refractivity (Wildman–Crippen MR) is 105 cm³/mol. The van der Waals surface area contributed by atoms with E-state index in [4.69, 9.17) is 13.9 Å². The Hall–Kier alpha value is -3.32. The second kappa shape index (κ2) is 7.13. The summed E-state index contributed by atoms with van der Waals surface area (Å²) in [5.74, 6) is 1.56. The lowest BCUT2D eigenvalue weighted by atomic mass is 10.2. The summed E-state index contributed by atoms with van der Waals surface area (Å²) in [7, 11) is 3.11. The summed E-state index contributed by atoms with van der Waals surface area (Å²) >= 11 is 1.52. The van der Waals surface area contributed by atoms with Gasteiger partial charge in [0, 0.05) is 23.9 Å². The zero-order chi connectivity index (χ0) is 18.8. The van der Waals surface area contributed by atoms with Crippen LogP contribution in [0.3, 0.4) is 0 Å². The van der Waals surface area contributed by atoms with Crippen molar-refractivity contribution < 1.29 is 18.7 Å². The van der Waals surface area contributed by atoms with Crippen LogP contribution in [-0.2, 0) is 0 Å². The van der Waals surface area contributed by atoms with E-state index in [0.717, 1.165) is 15.2 Å². The first kappa shape index (κ1) is 17.1. The Morgan fingerprint density at radius 2 is 1.78 bits per heavy atom. The van der Waals surface area contributed by atoms with Crippen LogP contribution < -0.4 is 14.8 Å². The molecule has 0 aliphatic carbocycles.